The van der Waals surface area contributed by atoms with Crippen LogP contribution in [0.1, 0.15) is 5.56 Å². The van der Waals surface area contributed by atoms with Crippen LogP contribution in [-0.2, 0) is 4.79 Å². The monoisotopic (exact) mass is 317 g/mol. The maximum atomic E-state index is 12.9. The van der Waals surface area contributed by atoms with E-state index < -0.39 is 5.91 Å². The van der Waals surface area contributed by atoms with Crippen molar-refractivity contribution in [3.05, 3.63) is 77.7 Å². The average Bonchev–Trinajstić information content (AvgIpc) is 2.61. The van der Waals surface area contributed by atoms with E-state index in [0.717, 1.165) is 10.9 Å². The van der Waals surface area contributed by atoms with E-state index in [1.165, 1.54) is 30.3 Å². The quantitative estimate of drug-likeness (QED) is 0.588. The van der Waals surface area contributed by atoms with Crippen molar-refractivity contribution in [3.63, 3.8) is 0 Å². The smallest absolute Gasteiger partial charge is 0.266 e. The minimum Gasteiger partial charge on any atom is -0.321 e. The number of hydrogen-bond donors (Lipinski definition) is 1. The Kier molecular flexibility index (Phi) is 4.30. The predicted octanol–water partition coefficient (Wildman–Crippen LogP) is 3.92. The number of aromatic nitrogens is 1. The number of carbonyl (C=O) groups is 1. The van der Waals surface area contributed by atoms with E-state index in [1.807, 2.05) is 18.2 Å². The summed E-state index contributed by atoms with van der Waals surface area (Å²) in [6, 6.07) is 16.4. The first kappa shape index (κ1) is 15.4. The number of pyridine rings is 1. The highest BCUT2D eigenvalue weighted by Crippen LogP contribution is 2.22. The van der Waals surface area contributed by atoms with Crippen LogP contribution in [0.2, 0.25) is 0 Å². The van der Waals surface area contributed by atoms with Gasteiger partial charge in [-0.3, -0.25) is 9.78 Å². The molecule has 3 rings (SSSR count). The molecule has 0 spiro atoms. The van der Waals surface area contributed by atoms with Crippen LogP contribution in [0.15, 0.2) is 66.4 Å². The zero-order valence-corrected chi connectivity index (χ0v) is 12.5. The van der Waals surface area contributed by atoms with Crippen LogP contribution >= 0.6 is 0 Å². The summed E-state index contributed by atoms with van der Waals surface area (Å²) in [5.41, 5.74) is 1.83. The van der Waals surface area contributed by atoms with Gasteiger partial charge >= 0.3 is 0 Å². The maximum absolute atomic E-state index is 12.9. The molecule has 0 radical (unpaired) electrons. The van der Waals surface area contributed by atoms with Crippen molar-refractivity contribution >= 4 is 28.6 Å². The highest BCUT2D eigenvalue weighted by Gasteiger charge is 2.11. The molecule has 1 N–H and O–H groups in total. The Morgan fingerprint density at radius 3 is 2.67 bits per heavy atom. The fourth-order valence-corrected chi connectivity index (χ4v) is 2.28. The van der Waals surface area contributed by atoms with Crippen LogP contribution in [0.4, 0.5) is 10.1 Å². The largest absolute Gasteiger partial charge is 0.321 e. The molecular weight excluding hydrogens is 305 g/mol. The van der Waals surface area contributed by atoms with Crippen LogP contribution < -0.4 is 5.32 Å². The first-order chi connectivity index (χ1) is 11.7. The molecule has 0 bridgehead atoms. The van der Waals surface area contributed by atoms with Crippen LogP contribution in [0.3, 0.4) is 0 Å². The van der Waals surface area contributed by atoms with Gasteiger partial charge in [0, 0.05) is 11.6 Å². The summed E-state index contributed by atoms with van der Waals surface area (Å²) in [7, 11) is 0. The van der Waals surface area contributed by atoms with Gasteiger partial charge in [-0.15, -0.1) is 0 Å². The zero-order valence-electron chi connectivity index (χ0n) is 12.5. The first-order valence-corrected chi connectivity index (χ1v) is 7.20. The standard InChI is InChI=1S/C19H12FN3O/c20-15-8-6-13(7-9-15)11-14(12-21)19(24)23-18-5-1-4-17-16(18)3-2-10-22-17/h1-11H,(H,23,24)/b14-11+. The summed E-state index contributed by atoms with van der Waals surface area (Å²) < 4.78 is 12.9. The van der Waals surface area contributed by atoms with Gasteiger partial charge in [0.25, 0.3) is 5.91 Å². The molecule has 1 amide bonds. The molecule has 1 aromatic heterocycles. The second-order valence-electron chi connectivity index (χ2n) is 5.05. The third-order valence-electron chi connectivity index (χ3n) is 3.44. The van der Waals surface area contributed by atoms with Gasteiger partial charge in [-0.25, -0.2) is 4.39 Å². The van der Waals surface area contributed by atoms with Gasteiger partial charge in [-0.05, 0) is 48.0 Å². The van der Waals surface area contributed by atoms with Gasteiger partial charge in [0.05, 0.1) is 11.2 Å². The number of hydrogen-bond acceptors (Lipinski definition) is 3. The lowest BCUT2D eigenvalue weighted by molar-refractivity contribution is -0.112. The lowest BCUT2D eigenvalue weighted by atomic mass is 10.1. The number of nitrogens with zero attached hydrogens (tertiary/aromatic N) is 2. The van der Waals surface area contributed by atoms with E-state index in [4.69, 9.17) is 0 Å². The molecule has 116 valence electrons. The molecule has 0 fully saturated rings. The van der Waals surface area contributed by atoms with Gasteiger partial charge in [-0.2, -0.15) is 5.26 Å². The SMILES string of the molecule is N#C/C(=C\c1ccc(F)cc1)C(=O)Nc1cccc2ncccc12. The summed E-state index contributed by atoms with van der Waals surface area (Å²) in [5.74, 6) is -0.906. The predicted molar refractivity (Wildman–Crippen MR) is 90.4 cm³/mol. The van der Waals surface area contributed by atoms with Crippen molar-refractivity contribution in [2.75, 3.05) is 5.32 Å². The van der Waals surface area contributed by atoms with Crippen molar-refractivity contribution in [2.24, 2.45) is 0 Å². The number of benzene rings is 2. The molecule has 0 aliphatic carbocycles. The Balaban J connectivity index is 1.89. The zero-order chi connectivity index (χ0) is 16.9. The highest BCUT2D eigenvalue weighted by atomic mass is 19.1. The third-order valence-corrected chi connectivity index (χ3v) is 3.44. The minimum absolute atomic E-state index is 0.0671. The molecule has 24 heavy (non-hydrogen) atoms. The topological polar surface area (TPSA) is 65.8 Å². The summed E-state index contributed by atoms with van der Waals surface area (Å²) in [5, 5.41) is 12.7. The number of nitriles is 1. The number of anilines is 1. The normalized spacial score (nSPS) is 11.1. The van der Waals surface area contributed by atoms with E-state index in [-0.39, 0.29) is 11.4 Å². The minimum atomic E-state index is -0.529. The van der Waals surface area contributed by atoms with Gasteiger partial charge in [0.15, 0.2) is 0 Å². The molecule has 0 unspecified atom stereocenters. The van der Waals surface area contributed by atoms with Crippen LogP contribution in [-0.4, -0.2) is 10.9 Å². The Hall–Kier alpha value is -3.52. The molecule has 0 saturated carbocycles. The van der Waals surface area contributed by atoms with Crippen molar-refractivity contribution < 1.29 is 9.18 Å². The number of halogens is 1. The van der Waals surface area contributed by atoms with Crippen LogP contribution in [0, 0.1) is 17.1 Å². The van der Waals surface area contributed by atoms with E-state index in [2.05, 4.69) is 10.3 Å². The summed E-state index contributed by atoms with van der Waals surface area (Å²) in [6.07, 6.45) is 3.08. The molecule has 0 saturated heterocycles. The Labute approximate surface area is 137 Å². The number of carbonyl (C=O) groups excluding carboxylic acids is 1. The molecule has 0 aliphatic rings. The average molecular weight is 317 g/mol. The van der Waals surface area contributed by atoms with Gasteiger partial charge in [0.1, 0.15) is 17.5 Å². The van der Waals surface area contributed by atoms with E-state index in [1.54, 1.807) is 24.4 Å². The molecule has 5 heteroatoms. The maximum Gasteiger partial charge on any atom is 0.266 e. The van der Waals surface area contributed by atoms with E-state index >= 15 is 0 Å². The molecule has 0 aliphatic heterocycles. The summed E-state index contributed by atoms with van der Waals surface area (Å²) in [4.78, 5) is 16.6. The Bertz CT molecular complexity index is 967. The lowest BCUT2D eigenvalue weighted by Gasteiger charge is -2.07. The van der Waals surface area contributed by atoms with Crippen molar-refractivity contribution in [1.29, 1.82) is 5.26 Å². The number of rotatable bonds is 3. The third kappa shape index (κ3) is 3.28. The van der Waals surface area contributed by atoms with Gasteiger partial charge < -0.3 is 5.32 Å². The lowest BCUT2D eigenvalue weighted by Crippen LogP contribution is -2.13. The van der Waals surface area contributed by atoms with Crippen molar-refractivity contribution in [3.8, 4) is 6.07 Å². The molecule has 4 nitrogen and oxygen atoms in total. The molecule has 3 aromatic rings. The summed E-state index contributed by atoms with van der Waals surface area (Å²) >= 11 is 0. The second kappa shape index (κ2) is 6.71. The fourth-order valence-electron chi connectivity index (χ4n) is 2.28. The fraction of sp³-hybridized carbons (Fsp3) is 0. The molecule has 2 aromatic carbocycles. The van der Waals surface area contributed by atoms with E-state index in [9.17, 15) is 14.4 Å². The van der Waals surface area contributed by atoms with Crippen molar-refractivity contribution in [1.82, 2.24) is 4.98 Å². The van der Waals surface area contributed by atoms with Crippen LogP contribution in [0.25, 0.3) is 17.0 Å². The molecular formula is C19H12FN3O. The van der Waals surface area contributed by atoms with Crippen LogP contribution in [0.5, 0.6) is 0 Å². The van der Waals surface area contributed by atoms with Gasteiger partial charge in [-0.1, -0.05) is 18.2 Å². The van der Waals surface area contributed by atoms with E-state index in [0.29, 0.717) is 11.3 Å². The first-order valence-electron chi connectivity index (χ1n) is 7.20. The number of amides is 1. The molecule has 0 atom stereocenters. The second-order valence-corrected chi connectivity index (χ2v) is 5.05. The van der Waals surface area contributed by atoms with Crippen molar-refractivity contribution in [2.45, 2.75) is 0 Å². The molecule has 1 heterocycles. The highest BCUT2D eigenvalue weighted by molar-refractivity contribution is 6.12. The Morgan fingerprint density at radius 2 is 1.92 bits per heavy atom. The summed E-state index contributed by atoms with van der Waals surface area (Å²) in [6.45, 7) is 0. The van der Waals surface area contributed by atoms with Gasteiger partial charge in [0.2, 0.25) is 0 Å². The number of nitrogens with one attached hydrogen (secondary N) is 1. The number of fused-ring (bicyclic) bond motifs is 1. The Morgan fingerprint density at radius 1 is 1.12 bits per heavy atom.